The first-order valence-electron chi connectivity index (χ1n) is 6.06. The molecule has 19 heavy (non-hydrogen) atoms. The molecule has 0 N–H and O–H groups in total. The summed E-state index contributed by atoms with van der Waals surface area (Å²) in [6.45, 7) is 4.61. The summed E-state index contributed by atoms with van der Waals surface area (Å²) in [6, 6.07) is 4.01. The van der Waals surface area contributed by atoms with Crippen molar-refractivity contribution in [1.82, 2.24) is 4.90 Å². The highest BCUT2D eigenvalue weighted by Crippen LogP contribution is 2.24. The highest BCUT2D eigenvalue weighted by Gasteiger charge is 2.23. The molecular formula is C13H17ClN2O3. The fourth-order valence-electron chi connectivity index (χ4n) is 1.72. The lowest BCUT2D eigenvalue weighted by atomic mass is 10.1. The average molecular weight is 285 g/mol. The number of nitro benzene ring substituents is 1. The van der Waals surface area contributed by atoms with Crippen molar-refractivity contribution in [3.8, 4) is 0 Å². The van der Waals surface area contributed by atoms with Gasteiger partial charge in [0.1, 0.15) is 5.56 Å². The number of carbonyl (C=O) groups excluding carboxylic acids is 1. The number of hydrogen-bond donors (Lipinski definition) is 0. The van der Waals surface area contributed by atoms with Crippen LogP contribution in [0.15, 0.2) is 18.2 Å². The van der Waals surface area contributed by atoms with Gasteiger partial charge in [0.2, 0.25) is 0 Å². The normalized spacial score (nSPS) is 12.0. The Bertz CT molecular complexity index is 491. The second kappa shape index (κ2) is 6.52. The minimum absolute atomic E-state index is 0.0308. The van der Waals surface area contributed by atoms with Crippen molar-refractivity contribution in [2.45, 2.75) is 20.3 Å². The molecule has 0 aliphatic rings. The minimum Gasteiger partial charge on any atom is -0.341 e. The second-order valence-corrected chi connectivity index (χ2v) is 5.05. The second-order valence-electron chi connectivity index (χ2n) is 4.62. The van der Waals surface area contributed by atoms with Crippen molar-refractivity contribution in [2.24, 2.45) is 5.92 Å². The summed E-state index contributed by atoms with van der Waals surface area (Å²) >= 11 is 5.81. The molecule has 0 fully saturated rings. The van der Waals surface area contributed by atoms with Gasteiger partial charge in [-0.3, -0.25) is 14.9 Å². The van der Waals surface area contributed by atoms with Crippen LogP contribution in [0.1, 0.15) is 30.6 Å². The molecule has 1 rings (SSSR count). The molecule has 0 bridgehead atoms. The number of amides is 1. The predicted octanol–water partition coefficient (Wildman–Crippen LogP) is 3.37. The van der Waals surface area contributed by atoms with E-state index >= 15 is 0 Å². The molecule has 0 saturated heterocycles. The predicted molar refractivity (Wildman–Crippen MR) is 74.5 cm³/mol. The number of nitro groups is 1. The Balaban J connectivity index is 3.04. The summed E-state index contributed by atoms with van der Waals surface area (Å²) in [4.78, 5) is 24.1. The Hall–Kier alpha value is -1.62. The zero-order valence-electron chi connectivity index (χ0n) is 11.2. The molecule has 1 aromatic carbocycles. The maximum Gasteiger partial charge on any atom is 0.282 e. The fraction of sp³-hybridized carbons (Fsp3) is 0.462. The van der Waals surface area contributed by atoms with Gasteiger partial charge in [-0.2, -0.15) is 0 Å². The molecule has 1 amide bonds. The lowest BCUT2D eigenvalue weighted by Crippen LogP contribution is -2.31. The third-order valence-corrected chi connectivity index (χ3v) is 3.25. The van der Waals surface area contributed by atoms with Crippen LogP contribution < -0.4 is 0 Å². The van der Waals surface area contributed by atoms with Gasteiger partial charge in [-0.25, -0.2) is 0 Å². The maximum absolute atomic E-state index is 12.2. The van der Waals surface area contributed by atoms with Crippen LogP contribution in [0.5, 0.6) is 0 Å². The number of rotatable bonds is 5. The van der Waals surface area contributed by atoms with Crippen LogP contribution in [0.3, 0.4) is 0 Å². The Morgan fingerprint density at radius 1 is 1.53 bits per heavy atom. The van der Waals surface area contributed by atoms with E-state index < -0.39 is 4.92 Å². The Morgan fingerprint density at radius 3 is 2.68 bits per heavy atom. The monoisotopic (exact) mass is 284 g/mol. The summed E-state index contributed by atoms with van der Waals surface area (Å²) in [7, 11) is 1.64. The lowest BCUT2D eigenvalue weighted by molar-refractivity contribution is -0.385. The molecule has 0 aliphatic carbocycles. The number of halogens is 1. The van der Waals surface area contributed by atoms with Crippen LogP contribution in [0.2, 0.25) is 5.02 Å². The Morgan fingerprint density at radius 2 is 2.16 bits per heavy atom. The number of carbonyl (C=O) groups is 1. The molecule has 0 spiro atoms. The van der Waals surface area contributed by atoms with Crippen LogP contribution in [-0.4, -0.2) is 29.3 Å². The summed E-state index contributed by atoms with van der Waals surface area (Å²) < 4.78 is 0. The van der Waals surface area contributed by atoms with Crippen molar-refractivity contribution < 1.29 is 9.72 Å². The molecule has 5 nitrogen and oxygen atoms in total. The lowest BCUT2D eigenvalue weighted by Gasteiger charge is -2.20. The van der Waals surface area contributed by atoms with Gasteiger partial charge in [0.15, 0.2) is 0 Å². The molecule has 1 unspecified atom stereocenters. The van der Waals surface area contributed by atoms with Crippen molar-refractivity contribution in [3.05, 3.63) is 38.9 Å². The SMILES string of the molecule is CCC(C)CN(C)C(=O)c1cc(Cl)ccc1[N+](=O)[O-]. The van der Waals surface area contributed by atoms with Crippen LogP contribution in [-0.2, 0) is 0 Å². The van der Waals surface area contributed by atoms with Crippen LogP contribution in [0.4, 0.5) is 5.69 Å². The van der Waals surface area contributed by atoms with Crippen molar-refractivity contribution in [1.29, 1.82) is 0 Å². The van der Waals surface area contributed by atoms with Gasteiger partial charge in [-0.05, 0) is 18.1 Å². The molecule has 1 aromatic rings. The van der Waals surface area contributed by atoms with Gasteiger partial charge < -0.3 is 4.90 Å². The molecule has 0 heterocycles. The van der Waals surface area contributed by atoms with E-state index in [9.17, 15) is 14.9 Å². The van der Waals surface area contributed by atoms with Crippen LogP contribution in [0, 0.1) is 16.0 Å². The summed E-state index contributed by atoms with van der Waals surface area (Å²) in [5.74, 6) is -0.0401. The third-order valence-electron chi connectivity index (χ3n) is 3.01. The first-order chi connectivity index (χ1) is 8.86. The van der Waals surface area contributed by atoms with Gasteiger partial charge in [0.25, 0.3) is 11.6 Å². The van der Waals surface area contributed by atoms with Crippen LogP contribution >= 0.6 is 11.6 Å². The maximum atomic E-state index is 12.2. The number of nitrogens with zero attached hydrogens (tertiary/aromatic N) is 2. The Kier molecular flexibility index (Phi) is 5.30. The van der Waals surface area contributed by atoms with Gasteiger partial charge in [0, 0.05) is 24.7 Å². The zero-order valence-corrected chi connectivity index (χ0v) is 12.0. The number of benzene rings is 1. The molecular weight excluding hydrogens is 268 g/mol. The standard InChI is InChI=1S/C13H17ClN2O3/c1-4-9(2)8-15(3)13(17)11-7-10(14)5-6-12(11)16(18)19/h5-7,9H,4,8H2,1-3H3. The van der Waals surface area contributed by atoms with Gasteiger partial charge in [0.05, 0.1) is 4.92 Å². The molecule has 0 radical (unpaired) electrons. The Labute approximate surface area is 117 Å². The van der Waals surface area contributed by atoms with Crippen molar-refractivity contribution >= 4 is 23.2 Å². The molecule has 0 saturated carbocycles. The minimum atomic E-state index is -0.569. The van der Waals surface area contributed by atoms with Gasteiger partial charge in [-0.15, -0.1) is 0 Å². The molecule has 0 aliphatic heterocycles. The molecule has 6 heteroatoms. The van der Waals surface area contributed by atoms with E-state index in [1.807, 2.05) is 13.8 Å². The van der Waals surface area contributed by atoms with E-state index in [-0.39, 0.29) is 17.2 Å². The molecule has 104 valence electrons. The first-order valence-corrected chi connectivity index (χ1v) is 6.44. The quantitative estimate of drug-likeness (QED) is 0.615. The number of hydrogen-bond acceptors (Lipinski definition) is 3. The smallest absolute Gasteiger partial charge is 0.282 e. The highest BCUT2D eigenvalue weighted by molar-refractivity contribution is 6.31. The summed E-state index contributed by atoms with van der Waals surface area (Å²) in [6.07, 6.45) is 0.940. The van der Waals surface area contributed by atoms with E-state index in [0.29, 0.717) is 17.5 Å². The van der Waals surface area contributed by atoms with E-state index in [1.54, 1.807) is 7.05 Å². The fourth-order valence-corrected chi connectivity index (χ4v) is 1.90. The van der Waals surface area contributed by atoms with E-state index in [4.69, 9.17) is 11.6 Å². The molecule has 1 atom stereocenters. The van der Waals surface area contributed by atoms with E-state index in [2.05, 4.69) is 0 Å². The van der Waals surface area contributed by atoms with E-state index in [1.165, 1.54) is 23.1 Å². The molecule has 0 aromatic heterocycles. The van der Waals surface area contributed by atoms with Gasteiger partial charge in [-0.1, -0.05) is 31.9 Å². The topological polar surface area (TPSA) is 63.5 Å². The largest absolute Gasteiger partial charge is 0.341 e. The highest BCUT2D eigenvalue weighted by atomic mass is 35.5. The average Bonchev–Trinajstić information content (AvgIpc) is 2.36. The first kappa shape index (κ1) is 15.4. The summed E-state index contributed by atoms with van der Waals surface area (Å²) in [5, 5.41) is 11.2. The summed E-state index contributed by atoms with van der Waals surface area (Å²) in [5.41, 5.74) is -0.186. The van der Waals surface area contributed by atoms with Gasteiger partial charge >= 0.3 is 0 Å². The third kappa shape index (κ3) is 3.92. The van der Waals surface area contributed by atoms with Crippen LogP contribution in [0.25, 0.3) is 0 Å². The van der Waals surface area contributed by atoms with Crippen molar-refractivity contribution in [2.75, 3.05) is 13.6 Å². The zero-order chi connectivity index (χ0) is 14.6. The van der Waals surface area contributed by atoms with E-state index in [0.717, 1.165) is 6.42 Å². The van der Waals surface area contributed by atoms with Crippen molar-refractivity contribution in [3.63, 3.8) is 0 Å².